The van der Waals surface area contributed by atoms with E-state index in [9.17, 15) is 23.1 Å². The van der Waals surface area contributed by atoms with Crippen LogP contribution in [0.4, 0.5) is 13.2 Å². The first-order chi connectivity index (χ1) is 12.9. The van der Waals surface area contributed by atoms with Crippen molar-refractivity contribution in [1.29, 1.82) is 0 Å². The van der Waals surface area contributed by atoms with Gasteiger partial charge in [-0.1, -0.05) is 54.6 Å². The fourth-order valence-corrected chi connectivity index (χ4v) is 3.52. The number of carboxylic acid groups (broad SMARTS) is 1. The number of rotatable bonds is 3. The van der Waals surface area contributed by atoms with Crippen molar-refractivity contribution in [2.75, 3.05) is 0 Å². The van der Waals surface area contributed by atoms with Crippen LogP contribution in [-0.2, 0) is 17.4 Å². The second-order valence-corrected chi connectivity index (χ2v) is 6.30. The van der Waals surface area contributed by atoms with E-state index in [0.717, 1.165) is 16.8 Å². The summed E-state index contributed by atoms with van der Waals surface area (Å²) in [7, 11) is 0. The average molecular weight is 369 g/mol. The Morgan fingerprint density at radius 2 is 1.59 bits per heavy atom. The lowest BCUT2D eigenvalue weighted by molar-refractivity contribution is -0.137. The first-order valence-electron chi connectivity index (χ1n) is 8.27. The number of hydrogen-bond donors (Lipinski definition) is 2. The SMILES string of the molecule is O=C(O)Cc1c(-c2cccc3ccccc23)[nH]c2c(C(F)(F)F)cccc12. The summed E-state index contributed by atoms with van der Waals surface area (Å²) in [5.74, 6) is -1.10. The molecule has 0 amide bonds. The number of benzene rings is 3. The molecule has 0 bridgehead atoms. The van der Waals surface area contributed by atoms with Crippen LogP contribution in [0.3, 0.4) is 0 Å². The normalized spacial score (nSPS) is 12.0. The Hall–Kier alpha value is -3.28. The maximum absolute atomic E-state index is 13.4. The summed E-state index contributed by atoms with van der Waals surface area (Å²) in [5.41, 5.74) is 0.525. The highest BCUT2D eigenvalue weighted by Gasteiger charge is 2.34. The number of para-hydroxylation sites is 1. The molecule has 3 nitrogen and oxygen atoms in total. The minimum absolute atomic E-state index is 0.0933. The summed E-state index contributed by atoms with van der Waals surface area (Å²) in [6.07, 6.45) is -4.92. The van der Waals surface area contributed by atoms with Crippen molar-refractivity contribution in [3.8, 4) is 11.3 Å². The van der Waals surface area contributed by atoms with Crippen molar-refractivity contribution >= 4 is 27.6 Å². The van der Waals surface area contributed by atoms with Gasteiger partial charge in [0.25, 0.3) is 0 Å². The fraction of sp³-hybridized carbons (Fsp3) is 0.0952. The molecule has 3 aromatic carbocycles. The van der Waals surface area contributed by atoms with Crippen molar-refractivity contribution in [2.24, 2.45) is 0 Å². The standard InChI is InChI=1S/C21H14F3NO2/c22-21(23,24)17-10-4-9-15-16(11-18(26)27)19(25-20(15)17)14-8-3-6-12-5-1-2-7-13(12)14/h1-10,25H,11H2,(H,26,27). The molecule has 136 valence electrons. The number of nitrogens with one attached hydrogen (secondary N) is 1. The molecule has 6 heteroatoms. The van der Waals surface area contributed by atoms with E-state index in [0.29, 0.717) is 16.8 Å². The molecule has 1 aromatic heterocycles. The molecule has 0 spiro atoms. The summed E-state index contributed by atoms with van der Waals surface area (Å²) in [6, 6.07) is 16.8. The molecule has 0 saturated carbocycles. The van der Waals surface area contributed by atoms with Crippen LogP contribution in [0.5, 0.6) is 0 Å². The Morgan fingerprint density at radius 3 is 2.33 bits per heavy atom. The molecule has 0 saturated heterocycles. The van der Waals surface area contributed by atoms with Crippen LogP contribution in [0.15, 0.2) is 60.7 Å². The van der Waals surface area contributed by atoms with Crippen LogP contribution in [0.1, 0.15) is 11.1 Å². The molecular weight excluding hydrogens is 355 g/mol. The molecule has 4 aromatic rings. The van der Waals surface area contributed by atoms with Crippen LogP contribution in [-0.4, -0.2) is 16.1 Å². The molecule has 2 N–H and O–H groups in total. The number of fused-ring (bicyclic) bond motifs is 2. The number of carboxylic acids is 1. The number of H-pyrrole nitrogens is 1. The third-order valence-electron chi connectivity index (χ3n) is 4.63. The summed E-state index contributed by atoms with van der Waals surface area (Å²) in [4.78, 5) is 14.3. The Labute approximate surface area is 152 Å². The molecule has 1 heterocycles. The third-order valence-corrected chi connectivity index (χ3v) is 4.63. The monoisotopic (exact) mass is 369 g/mol. The predicted octanol–water partition coefficient (Wildman–Crippen LogP) is 5.63. The van der Waals surface area contributed by atoms with E-state index in [-0.39, 0.29) is 17.3 Å². The number of halogens is 3. The van der Waals surface area contributed by atoms with Crippen molar-refractivity contribution in [2.45, 2.75) is 12.6 Å². The van der Waals surface area contributed by atoms with Gasteiger partial charge in [-0.25, -0.2) is 0 Å². The van der Waals surface area contributed by atoms with Gasteiger partial charge in [0.2, 0.25) is 0 Å². The van der Waals surface area contributed by atoms with E-state index in [1.165, 1.54) is 12.1 Å². The minimum atomic E-state index is -4.54. The molecule has 0 atom stereocenters. The van der Waals surface area contributed by atoms with Gasteiger partial charge >= 0.3 is 12.1 Å². The van der Waals surface area contributed by atoms with Gasteiger partial charge in [0.05, 0.1) is 23.2 Å². The lowest BCUT2D eigenvalue weighted by atomic mass is 9.97. The van der Waals surface area contributed by atoms with E-state index in [1.807, 2.05) is 30.3 Å². The van der Waals surface area contributed by atoms with Gasteiger partial charge in [0, 0.05) is 10.9 Å². The maximum atomic E-state index is 13.4. The number of aliphatic carboxylic acids is 1. The zero-order valence-electron chi connectivity index (χ0n) is 14.0. The van der Waals surface area contributed by atoms with Crippen molar-refractivity contribution < 1.29 is 23.1 Å². The molecule has 4 rings (SSSR count). The first-order valence-corrected chi connectivity index (χ1v) is 8.27. The first kappa shape index (κ1) is 17.1. The highest BCUT2D eigenvalue weighted by molar-refractivity contribution is 6.02. The number of aromatic nitrogens is 1. The topological polar surface area (TPSA) is 53.1 Å². The Kier molecular flexibility index (Phi) is 3.91. The van der Waals surface area contributed by atoms with Crippen LogP contribution in [0.2, 0.25) is 0 Å². The van der Waals surface area contributed by atoms with Gasteiger partial charge in [0.15, 0.2) is 0 Å². The molecule has 0 unspecified atom stereocenters. The maximum Gasteiger partial charge on any atom is 0.418 e. The highest BCUT2D eigenvalue weighted by atomic mass is 19.4. The highest BCUT2D eigenvalue weighted by Crippen LogP contribution is 2.40. The van der Waals surface area contributed by atoms with Gasteiger partial charge in [-0.05, 0) is 22.4 Å². The molecule has 0 aliphatic carbocycles. The molecular formula is C21H14F3NO2. The third kappa shape index (κ3) is 2.93. The Bertz CT molecular complexity index is 1170. The molecule has 0 radical (unpaired) electrons. The lowest BCUT2D eigenvalue weighted by Gasteiger charge is -2.07. The van der Waals surface area contributed by atoms with Gasteiger partial charge in [-0.2, -0.15) is 13.2 Å². The fourth-order valence-electron chi connectivity index (χ4n) is 3.52. The van der Waals surface area contributed by atoms with Crippen molar-refractivity contribution in [3.05, 3.63) is 71.8 Å². The van der Waals surface area contributed by atoms with Crippen LogP contribution < -0.4 is 0 Å². The summed E-state index contributed by atoms with van der Waals surface area (Å²) in [6.45, 7) is 0. The lowest BCUT2D eigenvalue weighted by Crippen LogP contribution is -2.05. The van der Waals surface area contributed by atoms with E-state index in [1.54, 1.807) is 12.1 Å². The Morgan fingerprint density at radius 1 is 0.926 bits per heavy atom. The van der Waals surface area contributed by atoms with E-state index in [4.69, 9.17) is 0 Å². The largest absolute Gasteiger partial charge is 0.481 e. The van der Waals surface area contributed by atoms with Gasteiger partial charge < -0.3 is 10.1 Å². The zero-order chi connectivity index (χ0) is 19.2. The van der Waals surface area contributed by atoms with Crippen molar-refractivity contribution in [3.63, 3.8) is 0 Å². The second-order valence-electron chi connectivity index (χ2n) is 6.30. The number of carbonyl (C=O) groups is 1. The van der Waals surface area contributed by atoms with Crippen LogP contribution in [0, 0.1) is 0 Å². The number of hydrogen-bond acceptors (Lipinski definition) is 1. The Balaban J connectivity index is 2.09. The molecule has 0 aliphatic rings. The van der Waals surface area contributed by atoms with Gasteiger partial charge in [0.1, 0.15) is 0 Å². The van der Waals surface area contributed by atoms with Crippen molar-refractivity contribution in [1.82, 2.24) is 4.98 Å². The number of aromatic amines is 1. The van der Waals surface area contributed by atoms with E-state index < -0.39 is 17.7 Å². The van der Waals surface area contributed by atoms with E-state index >= 15 is 0 Å². The minimum Gasteiger partial charge on any atom is -0.481 e. The van der Waals surface area contributed by atoms with Gasteiger partial charge in [-0.3, -0.25) is 4.79 Å². The summed E-state index contributed by atoms with van der Waals surface area (Å²) in [5, 5.41) is 11.4. The molecule has 27 heavy (non-hydrogen) atoms. The zero-order valence-corrected chi connectivity index (χ0v) is 14.0. The van der Waals surface area contributed by atoms with E-state index in [2.05, 4.69) is 4.98 Å². The average Bonchev–Trinajstić information content (AvgIpc) is 2.98. The van der Waals surface area contributed by atoms with Crippen LogP contribution >= 0.6 is 0 Å². The summed E-state index contributed by atoms with van der Waals surface area (Å²) < 4.78 is 40.3. The number of alkyl halides is 3. The van der Waals surface area contributed by atoms with Gasteiger partial charge in [-0.15, -0.1) is 0 Å². The molecule has 0 fully saturated rings. The molecule has 0 aliphatic heterocycles. The second kappa shape index (κ2) is 6.16. The van der Waals surface area contributed by atoms with Crippen LogP contribution in [0.25, 0.3) is 32.9 Å². The quantitative estimate of drug-likeness (QED) is 0.491. The smallest absolute Gasteiger partial charge is 0.418 e. The summed E-state index contributed by atoms with van der Waals surface area (Å²) >= 11 is 0. The predicted molar refractivity (Wildman–Crippen MR) is 97.6 cm³/mol.